The molecule has 12 heavy (non-hydrogen) atoms. The van der Waals surface area contributed by atoms with Gasteiger partial charge in [-0.15, -0.1) is 0 Å². The third-order valence-corrected chi connectivity index (χ3v) is 1.18. The zero-order valence-corrected chi connectivity index (χ0v) is 7.50. The normalized spacial score (nSPS) is 11.6. The number of ether oxygens (including phenoxy) is 1. The molecule has 0 bridgehead atoms. The third kappa shape index (κ3) is 2.08. The highest BCUT2D eigenvalue weighted by Crippen LogP contribution is 2.12. The average Bonchev–Trinajstić information content (AvgIpc) is 1.76. The van der Waals surface area contributed by atoms with E-state index in [2.05, 4.69) is 0 Å². The number of aromatic nitrogens is 1. The van der Waals surface area contributed by atoms with Crippen molar-refractivity contribution in [2.75, 3.05) is 5.73 Å². The van der Waals surface area contributed by atoms with Gasteiger partial charge in [0, 0.05) is 0 Å². The van der Waals surface area contributed by atoms with Gasteiger partial charge in [0.05, 0.1) is 5.60 Å². The Morgan fingerprint density at radius 3 is 2.50 bits per heavy atom. The minimum absolute atomic E-state index is 0.392. The molecule has 0 aromatic carbocycles. The Bertz CT molecular complexity index is 266. The van der Waals surface area contributed by atoms with Gasteiger partial charge in [-0.05, 0) is 26.5 Å². The van der Waals surface area contributed by atoms with Crippen LogP contribution in [0, 0.1) is 0 Å². The molecule has 0 spiro atoms. The van der Waals surface area contributed by atoms with E-state index in [-0.39, 0.29) is 0 Å². The number of hydrogen-bond donors (Lipinski definition) is 1. The summed E-state index contributed by atoms with van der Waals surface area (Å²) in [6.07, 6.45) is 2.65. The van der Waals surface area contributed by atoms with Gasteiger partial charge in [-0.1, -0.05) is 12.4 Å². The molecule has 4 heteroatoms. The Kier molecular flexibility index (Phi) is 1.92. The van der Waals surface area contributed by atoms with Crippen LogP contribution in [0.5, 0.6) is 0 Å². The number of carbonyl (C=O) groups is 1. The highest BCUT2D eigenvalue weighted by molar-refractivity contribution is 5.73. The number of anilines is 1. The molecule has 0 fully saturated rings. The summed E-state index contributed by atoms with van der Waals surface area (Å²) < 4.78 is 6.37. The Morgan fingerprint density at radius 2 is 2.17 bits per heavy atom. The summed E-state index contributed by atoms with van der Waals surface area (Å²) >= 11 is 0. The Hall–Kier alpha value is -1.32. The fourth-order valence-corrected chi connectivity index (χ4v) is 0.730. The van der Waals surface area contributed by atoms with Gasteiger partial charge in [0.2, 0.25) is 0 Å². The largest absolute Gasteiger partial charge is 0.487 e. The van der Waals surface area contributed by atoms with E-state index in [1.54, 1.807) is 0 Å². The van der Waals surface area contributed by atoms with Crippen LogP contribution >= 0.6 is 0 Å². The van der Waals surface area contributed by atoms with Gasteiger partial charge in [-0.3, -0.25) is 4.79 Å². The van der Waals surface area contributed by atoms with E-state index < -0.39 is 11.7 Å². The van der Waals surface area contributed by atoms with Crippen molar-refractivity contribution in [1.82, 2.24) is 4.57 Å². The van der Waals surface area contributed by atoms with Gasteiger partial charge in [-0.25, -0.2) is 0 Å². The van der Waals surface area contributed by atoms with E-state index >= 15 is 0 Å². The second-order valence-electron chi connectivity index (χ2n) is 3.65. The Morgan fingerprint density at radius 1 is 1.67 bits per heavy atom. The second-order valence-corrected chi connectivity index (χ2v) is 3.65. The minimum Gasteiger partial charge on any atom is -0.487 e. The lowest BCUT2D eigenvalue weighted by Gasteiger charge is -2.26. The molecule has 1 heterocycles. The van der Waals surface area contributed by atoms with Gasteiger partial charge in [-0.2, -0.15) is 0 Å². The Balaban J connectivity index is 2.53. The van der Waals surface area contributed by atoms with E-state index in [4.69, 9.17) is 10.5 Å². The fourth-order valence-electron chi connectivity index (χ4n) is 0.730. The molecule has 0 atom stereocenters. The molecule has 0 aliphatic rings. The summed E-state index contributed by atoms with van der Waals surface area (Å²) in [6.45, 7) is 5.45. The molecular weight excluding hydrogens is 156 g/mol. The van der Waals surface area contributed by atoms with Crippen molar-refractivity contribution in [3.05, 3.63) is 12.4 Å². The van der Waals surface area contributed by atoms with Gasteiger partial charge >= 0.3 is 6.09 Å². The molecule has 1 aromatic heterocycles. The van der Waals surface area contributed by atoms with Gasteiger partial charge in [0.25, 0.3) is 0 Å². The van der Waals surface area contributed by atoms with E-state index in [1.807, 2.05) is 20.8 Å². The van der Waals surface area contributed by atoms with Crippen LogP contribution in [-0.2, 0) is 4.74 Å². The SMILES string of the molecule is CC(C)(C)OC(=O)n1cc(N)[cH-]1. The maximum atomic E-state index is 11.2. The van der Waals surface area contributed by atoms with Crippen molar-refractivity contribution in [3.63, 3.8) is 0 Å². The predicted molar refractivity (Wildman–Crippen MR) is 46.1 cm³/mol. The standard InChI is InChI=1S/C8H13N2O2/c1-8(2,3)12-7(11)10-4-6(9)5-10/h4-5H,9H2,1-3H3/q-1. The zero-order chi connectivity index (χ0) is 9.35. The molecule has 2 N–H and O–H groups in total. The lowest BCUT2D eigenvalue weighted by Crippen LogP contribution is -2.28. The lowest BCUT2D eigenvalue weighted by atomic mass is 10.2. The molecule has 0 aliphatic heterocycles. The molecule has 0 saturated carbocycles. The number of nitrogen functional groups attached to an aromatic ring is 1. The minimum atomic E-state index is -0.455. The molecule has 0 radical (unpaired) electrons. The highest BCUT2D eigenvalue weighted by atomic mass is 16.6. The van der Waals surface area contributed by atoms with Crippen LogP contribution in [-0.4, -0.2) is 16.3 Å². The molecule has 1 aromatic rings. The maximum Gasteiger partial charge on any atom is 0.330 e. The van der Waals surface area contributed by atoms with Crippen LogP contribution in [0.4, 0.5) is 10.5 Å². The van der Waals surface area contributed by atoms with Crippen LogP contribution in [0.1, 0.15) is 20.8 Å². The summed E-state index contributed by atoms with van der Waals surface area (Å²) in [6, 6.07) is 0. The third-order valence-electron chi connectivity index (χ3n) is 1.18. The van der Waals surface area contributed by atoms with Crippen molar-refractivity contribution in [3.8, 4) is 0 Å². The first-order chi connectivity index (χ1) is 5.38. The summed E-state index contributed by atoms with van der Waals surface area (Å²) in [4.78, 5) is 11.2. The van der Waals surface area contributed by atoms with Gasteiger partial charge in [0.15, 0.2) is 0 Å². The van der Waals surface area contributed by atoms with Crippen molar-refractivity contribution in [2.45, 2.75) is 26.4 Å². The van der Waals surface area contributed by atoms with Crippen molar-refractivity contribution in [1.29, 1.82) is 0 Å². The molecular formula is C8H13N2O2-. The molecule has 0 unspecified atom stereocenters. The van der Waals surface area contributed by atoms with Crippen molar-refractivity contribution in [2.24, 2.45) is 0 Å². The topological polar surface area (TPSA) is 57.2 Å². The molecule has 68 valence electrons. The summed E-state index contributed by atoms with van der Waals surface area (Å²) in [5.41, 5.74) is 5.46. The molecule has 0 aliphatic carbocycles. The number of nitrogens with zero attached hydrogens (tertiary/aromatic N) is 1. The van der Waals surface area contributed by atoms with Gasteiger partial charge < -0.3 is 15.0 Å². The average molecular weight is 169 g/mol. The number of rotatable bonds is 0. The van der Waals surface area contributed by atoms with E-state index in [9.17, 15) is 4.79 Å². The summed E-state index contributed by atoms with van der Waals surface area (Å²) in [7, 11) is 0. The first kappa shape index (κ1) is 8.77. The van der Waals surface area contributed by atoms with E-state index in [1.165, 1.54) is 17.0 Å². The van der Waals surface area contributed by atoms with Crippen LogP contribution in [0.2, 0.25) is 0 Å². The van der Waals surface area contributed by atoms with Crippen LogP contribution < -0.4 is 5.73 Å². The number of hydrogen-bond acceptors (Lipinski definition) is 3. The Labute approximate surface area is 71.3 Å². The quantitative estimate of drug-likeness (QED) is 0.600. The van der Waals surface area contributed by atoms with Gasteiger partial charge in [0.1, 0.15) is 0 Å². The maximum absolute atomic E-state index is 11.2. The smallest absolute Gasteiger partial charge is 0.330 e. The molecule has 4 nitrogen and oxygen atoms in total. The number of carbonyl (C=O) groups excluding carboxylic acids is 1. The van der Waals surface area contributed by atoms with Crippen LogP contribution in [0.25, 0.3) is 0 Å². The fraction of sp³-hybridized carbons (Fsp3) is 0.500. The lowest BCUT2D eigenvalue weighted by molar-refractivity contribution is 0.0532. The van der Waals surface area contributed by atoms with Crippen molar-refractivity contribution < 1.29 is 9.53 Å². The predicted octanol–water partition coefficient (Wildman–Crippen LogP) is 1.57. The van der Waals surface area contributed by atoms with E-state index in [0.29, 0.717) is 5.69 Å². The second kappa shape index (κ2) is 2.62. The monoisotopic (exact) mass is 169 g/mol. The van der Waals surface area contributed by atoms with Crippen LogP contribution in [0.15, 0.2) is 12.4 Å². The summed E-state index contributed by atoms with van der Waals surface area (Å²) in [5.74, 6) is 0. The molecule has 1 rings (SSSR count). The van der Waals surface area contributed by atoms with E-state index in [0.717, 1.165) is 0 Å². The summed E-state index contributed by atoms with van der Waals surface area (Å²) in [5, 5.41) is 0. The first-order valence-corrected chi connectivity index (χ1v) is 3.72. The number of nitrogens with two attached hydrogens (primary N) is 1. The molecule has 0 amide bonds. The first-order valence-electron chi connectivity index (χ1n) is 3.72. The zero-order valence-electron chi connectivity index (χ0n) is 7.50. The van der Waals surface area contributed by atoms with Crippen molar-refractivity contribution >= 4 is 11.8 Å². The van der Waals surface area contributed by atoms with Crippen LogP contribution in [0.3, 0.4) is 0 Å². The molecule has 0 saturated heterocycles. The highest BCUT2D eigenvalue weighted by Gasteiger charge is 2.13.